The van der Waals surface area contributed by atoms with Crippen molar-refractivity contribution in [2.24, 2.45) is 11.7 Å². The SMILES string of the molecule is NC(=O)c1cncc(NC(=O)C(=O)N2CCC3(O)CCCCC3C2)c1. The molecule has 25 heavy (non-hydrogen) atoms. The van der Waals surface area contributed by atoms with Gasteiger partial charge in [0.05, 0.1) is 23.0 Å². The van der Waals surface area contributed by atoms with Crippen LogP contribution in [0, 0.1) is 5.92 Å². The molecule has 2 atom stereocenters. The molecule has 2 aliphatic rings. The van der Waals surface area contributed by atoms with Gasteiger partial charge in [-0.3, -0.25) is 19.4 Å². The van der Waals surface area contributed by atoms with Crippen LogP contribution >= 0.6 is 0 Å². The first-order valence-corrected chi connectivity index (χ1v) is 8.46. The van der Waals surface area contributed by atoms with Crippen LogP contribution in [0.1, 0.15) is 42.5 Å². The van der Waals surface area contributed by atoms with Gasteiger partial charge in [0.15, 0.2) is 0 Å². The standard InChI is InChI=1S/C17H22N4O4/c18-14(22)11-7-13(9-19-8-11)20-15(23)16(24)21-6-5-17(25)4-2-1-3-12(17)10-21/h7-9,12,25H,1-6,10H2,(H2,18,22)(H,20,23). The predicted molar refractivity (Wildman–Crippen MR) is 89.5 cm³/mol. The van der Waals surface area contributed by atoms with Crippen LogP contribution in [-0.4, -0.2) is 51.4 Å². The maximum absolute atomic E-state index is 12.4. The fourth-order valence-electron chi connectivity index (χ4n) is 3.73. The van der Waals surface area contributed by atoms with E-state index in [1.165, 1.54) is 23.4 Å². The molecule has 2 heterocycles. The number of primary amides is 1. The maximum atomic E-state index is 12.4. The third-order valence-electron chi connectivity index (χ3n) is 5.19. The minimum absolute atomic E-state index is 0.0200. The number of nitrogens with two attached hydrogens (primary N) is 1. The van der Waals surface area contributed by atoms with Gasteiger partial charge >= 0.3 is 11.8 Å². The van der Waals surface area contributed by atoms with Gasteiger partial charge in [-0.25, -0.2) is 0 Å². The molecule has 2 unspecified atom stereocenters. The normalized spacial score (nSPS) is 25.8. The van der Waals surface area contributed by atoms with Gasteiger partial charge in [0.2, 0.25) is 5.91 Å². The van der Waals surface area contributed by atoms with Gasteiger partial charge in [-0.1, -0.05) is 12.8 Å². The maximum Gasteiger partial charge on any atom is 0.313 e. The Bertz CT molecular complexity index is 708. The molecule has 0 bridgehead atoms. The molecule has 134 valence electrons. The van der Waals surface area contributed by atoms with E-state index < -0.39 is 23.3 Å². The molecule has 4 N–H and O–H groups in total. The molecule has 3 rings (SSSR count). The molecular formula is C17H22N4O4. The lowest BCUT2D eigenvalue weighted by Gasteiger charge is -2.47. The second-order valence-electron chi connectivity index (χ2n) is 6.83. The molecule has 1 saturated carbocycles. The number of pyridine rings is 1. The number of likely N-dealkylation sites (tertiary alicyclic amines) is 1. The first-order valence-electron chi connectivity index (χ1n) is 8.46. The molecule has 1 saturated heterocycles. The van der Waals surface area contributed by atoms with E-state index in [9.17, 15) is 19.5 Å². The van der Waals surface area contributed by atoms with Crippen molar-refractivity contribution >= 4 is 23.4 Å². The van der Waals surface area contributed by atoms with Gasteiger partial charge in [0.1, 0.15) is 0 Å². The van der Waals surface area contributed by atoms with Crippen LogP contribution in [0.3, 0.4) is 0 Å². The smallest absolute Gasteiger partial charge is 0.313 e. The van der Waals surface area contributed by atoms with E-state index in [1.807, 2.05) is 0 Å². The van der Waals surface area contributed by atoms with Crippen molar-refractivity contribution in [3.8, 4) is 0 Å². The fourth-order valence-corrected chi connectivity index (χ4v) is 3.73. The van der Waals surface area contributed by atoms with Crippen molar-refractivity contribution in [3.05, 3.63) is 24.0 Å². The van der Waals surface area contributed by atoms with E-state index in [1.54, 1.807) is 0 Å². The quantitative estimate of drug-likeness (QED) is 0.663. The third kappa shape index (κ3) is 3.63. The van der Waals surface area contributed by atoms with Crippen LogP contribution in [0.2, 0.25) is 0 Å². The zero-order chi connectivity index (χ0) is 18.0. The number of hydrogen-bond donors (Lipinski definition) is 3. The topological polar surface area (TPSA) is 126 Å². The van der Waals surface area contributed by atoms with E-state index in [-0.39, 0.29) is 17.2 Å². The van der Waals surface area contributed by atoms with Crippen molar-refractivity contribution in [1.29, 1.82) is 0 Å². The van der Waals surface area contributed by atoms with Crippen molar-refractivity contribution in [3.63, 3.8) is 0 Å². The van der Waals surface area contributed by atoms with Gasteiger partial charge in [-0.15, -0.1) is 0 Å². The summed E-state index contributed by atoms with van der Waals surface area (Å²) in [6.45, 7) is 0.751. The first kappa shape index (κ1) is 17.3. The number of hydrogen-bond acceptors (Lipinski definition) is 5. The number of nitrogens with one attached hydrogen (secondary N) is 1. The van der Waals surface area contributed by atoms with Gasteiger partial charge in [0, 0.05) is 25.2 Å². The largest absolute Gasteiger partial charge is 0.389 e. The minimum atomic E-state index is -0.787. The van der Waals surface area contributed by atoms with Gasteiger partial charge < -0.3 is 21.1 Å². The molecule has 1 aliphatic carbocycles. The van der Waals surface area contributed by atoms with Crippen molar-refractivity contribution in [2.75, 3.05) is 18.4 Å². The zero-order valence-corrected chi connectivity index (χ0v) is 13.9. The number of fused-ring (bicyclic) bond motifs is 1. The highest BCUT2D eigenvalue weighted by Crippen LogP contribution is 2.39. The minimum Gasteiger partial charge on any atom is -0.389 e. The van der Waals surface area contributed by atoms with Crippen LogP contribution in [0.4, 0.5) is 5.69 Å². The number of amides is 3. The van der Waals surface area contributed by atoms with Crippen LogP contribution < -0.4 is 11.1 Å². The second-order valence-corrected chi connectivity index (χ2v) is 6.83. The number of aliphatic hydroxyl groups is 1. The molecule has 3 amide bonds. The Hall–Kier alpha value is -2.48. The molecule has 1 aliphatic heterocycles. The van der Waals surface area contributed by atoms with E-state index >= 15 is 0 Å². The Morgan fingerprint density at radius 2 is 2.08 bits per heavy atom. The highest BCUT2D eigenvalue weighted by Gasteiger charge is 2.44. The molecular weight excluding hydrogens is 324 g/mol. The van der Waals surface area contributed by atoms with Crippen molar-refractivity contribution < 1.29 is 19.5 Å². The van der Waals surface area contributed by atoms with Crippen LogP contribution in [0.25, 0.3) is 0 Å². The summed E-state index contributed by atoms with van der Waals surface area (Å²) in [6, 6.07) is 1.37. The monoisotopic (exact) mass is 346 g/mol. The van der Waals surface area contributed by atoms with E-state index in [4.69, 9.17) is 5.73 Å². The van der Waals surface area contributed by atoms with Crippen LogP contribution in [0.5, 0.6) is 0 Å². The molecule has 1 aromatic heterocycles. The Morgan fingerprint density at radius 1 is 1.28 bits per heavy atom. The Labute approximate surface area is 145 Å². The molecule has 0 radical (unpaired) electrons. The lowest BCUT2D eigenvalue weighted by Crippen LogP contribution is -2.56. The van der Waals surface area contributed by atoms with E-state index in [2.05, 4.69) is 10.3 Å². The second kappa shape index (κ2) is 6.79. The molecule has 8 nitrogen and oxygen atoms in total. The molecule has 0 aromatic carbocycles. The molecule has 8 heteroatoms. The Balaban J connectivity index is 1.64. The van der Waals surface area contributed by atoms with Gasteiger partial charge in [0.25, 0.3) is 0 Å². The summed E-state index contributed by atoms with van der Waals surface area (Å²) in [5.74, 6) is -2.07. The summed E-state index contributed by atoms with van der Waals surface area (Å²) in [5.41, 5.74) is 4.86. The van der Waals surface area contributed by atoms with Crippen molar-refractivity contribution in [1.82, 2.24) is 9.88 Å². The highest BCUT2D eigenvalue weighted by atomic mass is 16.3. The van der Waals surface area contributed by atoms with Crippen LogP contribution in [-0.2, 0) is 9.59 Å². The number of carbonyl (C=O) groups excluding carboxylic acids is 3. The summed E-state index contributed by atoms with van der Waals surface area (Å²) in [7, 11) is 0. The van der Waals surface area contributed by atoms with Crippen molar-refractivity contribution in [2.45, 2.75) is 37.7 Å². The number of rotatable bonds is 2. The van der Waals surface area contributed by atoms with Gasteiger partial charge in [-0.2, -0.15) is 0 Å². The van der Waals surface area contributed by atoms with Crippen LogP contribution in [0.15, 0.2) is 18.5 Å². The molecule has 2 fully saturated rings. The Morgan fingerprint density at radius 3 is 2.84 bits per heavy atom. The summed E-state index contributed by atoms with van der Waals surface area (Å²) >= 11 is 0. The van der Waals surface area contributed by atoms with Gasteiger partial charge in [-0.05, 0) is 25.3 Å². The number of carbonyl (C=O) groups is 3. The molecule has 0 spiro atoms. The number of nitrogens with zero attached hydrogens (tertiary/aromatic N) is 2. The highest BCUT2D eigenvalue weighted by molar-refractivity contribution is 6.39. The lowest BCUT2D eigenvalue weighted by molar-refractivity contribution is -0.151. The predicted octanol–water partition coefficient (Wildman–Crippen LogP) is 0.273. The summed E-state index contributed by atoms with van der Waals surface area (Å²) in [5, 5.41) is 13.1. The number of anilines is 1. The average molecular weight is 346 g/mol. The first-order chi connectivity index (χ1) is 11.9. The summed E-state index contributed by atoms with van der Waals surface area (Å²) in [4.78, 5) is 41.1. The fraction of sp³-hybridized carbons (Fsp3) is 0.529. The third-order valence-corrected chi connectivity index (χ3v) is 5.19. The number of aromatic nitrogens is 1. The average Bonchev–Trinajstić information content (AvgIpc) is 2.60. The molecule has 1 aromatic rings. The number of piperidine rings is 1. The summed E-state index contributed by atoms with van der Waals surface area (Å²) in [6.07, 6.45) is 6.79. The Kier molecular flexibility index (Phi) is 4.71. The summed E-state index contributed by atoms with van der Waals surface area (Å²) < 4.78 is 0. The lowest BCUT2D eigenvalue weighted by atomic mass is 9.71. The van der Waals surface area contributed by atoms with E-state index in [0.717, 1.165) is 25.7 Å². The van der Waals surface area contributed by atoms with E-state index in [0.29, 0.717) is 19.5 Å². The zero-order valence-electron chi connectivity index (χ0n) is 13.9.